The van der Waals surface area contributed by atoms with Crippen LogP contribution in [0.25, 0.3) is 10.9 Å². The molecule has 0 radical (unpaired) electrons. The van der Waals surface area contributed by atoms with E-state index in [1.165, 1.54) is 15.8 Å². The third-order valence-electron chi connectivity index (χ3n) is 3.30. The average molecular weight is 268 g/mol. The highest BCUT2D eigenvalue weighted by Crippen LogP contribution is 2.27. The van der Waals surface area contributed by atoms with E-state index in [1.54, 1.807) is 11.3 Å². The summed E-state index contributed by atoms with van der Waals surface area (Å²) in [6.07, 6.45) is 0. The zero-order chi connectivity index (χ0) is 13.2. The van der Waals surface area contributed by atoms with Gasteiger partial charge in [-0.3, -0.25) is 4.98 Å². The summed E-state index contributed by atoms with van der Waals surface area (Å²) in [6.45, 7) is 2.02. The van der Waals surface area contributed by atoms with E-state index in [1.807, 2.05) is 14.0 Å². The van der Waals surface area contributed by atoms with Gasteiger partial charge < -0.3 is 5.32 Å². The first kappa shape index (κ1) is 12.3. The highest BCUT2D eigenvalue weighted by Gasteiger charge is 2.13. The van der Waals surface area contributed by atoms with Crippen LogP contribution in [0.2, 0.25) is 0 Å². The van der Waals surface area contributed by atoms with E-state index in [-0.39, 0.29) is 6.04 Å². The summed E-state index contributed by atoms with van der Waals surface area (Å²) in [7, 11) is 2.00. The Morgan fingerprint density at radius 2 is 2.05 bits per heavy atom. The SMILES string of the molecule is CNC(c1ccc2nc(C)ccc2c1)c1cccs1. The summed E-state index contributed by atoms with van der Waals surface area (Å²) in [4.78, 5) is 5.88. The number of aryl methyl sites for hydroxylation is 1. The fourth-order valence-electron chi connectivity index (χ4n) is 2.35. The van der Waals surface area contributed by atoms with Gasteiger partial charge in [-0.05, 0) is 49.2 Å². The molecular formula is C16H16N2S. The second-order valence-corrected chi connectivity index (χ2v) is 5.62. The second kappa shape index (κ2) is 5.11. The number of fused-ring (bicyclic) bond motifs is 1. The van der Waals surface area contributed by atoms with E-state index in [2.05, 4.69) is 58.1 Å². The van der Waals surface area contributed by atoms with Crippen LogP contribution in [0, 0.1) is 6.92 Å². The molecule has 0 aliphatic heterocycles. The Morgan fingerprint density at radius 1 is 1.16 bits per heavy atom. The van der Waals surface area contributed by atoms with Crippen molar-refractivity contribution >= 4 is 22.2 Å². The molecule has 1 aromatic carbocycles. The Morgan fingerprint density at radius 3 is 2.79 bits per heavy atom. The maximum atomic E-state index is 4.55. The zero-order valence-corrected chi connectivity index (χ0v) is 11.9. The predicted octanol–water partition coefficient (Wildman–Crippen LogP) is 3.91. The molecule has 0 bridgehead atoms. The van der Waals surface area contributed by atoms with Crippen LogP contribution in [-0.4, -0.2) is 12.0 Å². The minimum Gasteiger partial charge on any atom is -0.309 e. The van der Waals surface area contributed by atoms with Crippen LogP contribution in [-0.2, 0) is 0 Å². The lowest BCUT2D eigenvalue weighted by molar-refractivity contribution is 0.705. The van der Waals surface area contributed by atoms with Crippen molar-refractivity contribution in [2.45, 2.75) is 13.0 Å². The first-order chi connectivity index (χ1) is 9.28. The normalized spacial score (nSPS) is 12.7. The van der Waals surface area contributed by atoms with Crippen LogP contribution >= 0.6 is 11.3 Å². The lowest BCUT2D eigenvalue weighted by Crippen LogP contribution is -2.16. The van der Waals surface area contributed by atoms with Crippen molar-refractivity contribution in [3.63, 3.8) is 0 Å². The molecule has 2 aromatic heterocycles. The maximum absolute atomic E-state index is 4.55. The van der Waals surface area contributed by atoms with Gasteiger partial charge in [0, 0.05) is 16.0 Å². The third kappa shape index (κ3) is 2.39. The molecular weight excluding hydrogens is 252 g/mol. The predicted molar refractivity (Wildman–Crippen MR) is 81.7 cm³/mol. The Hall–Kier alpha value is -1.71. The van der Waals surface area contributed by atoms with Crippen molar-refractivity contribution < 1.29 is 0 Å². The van der Waals surface area contributed by atoms with Crippen LogP contribution < -0.4 is 5.32 Å². The molecule has 3 aromatic rings. The van der Waals surface area contributed by atoms with Gasteiger partial charge in [-0.1, -0.05) is 18.2 Å². The Kier molecular flexibility index (Phi) is 3.32. The molecule has 0 aliphatic carbocycles. The lowest BCUT2D eigenvalue weighted by atomic mass is 10.0. The molecule has 2 nitrogen and oxygen atoms in total. The molecule has 0 fully saturated rings. The average Bonchev–Trinajstić information content (AvgIpc) is 2.93. The van der Waals surface area contributed by atoms with E-state index in [4.69, 9.17) is 0 Å². The van der Waals surface area contributed by atoms with E-state index in [0.29, 0.717) is 0 Å². The number of benzene rings is 1. The van der Waals surface area contributed by atoms with E-state index >= 15 is 0 Å². The van der Waals surface area contributed by atoms with Gasteiger partial charge in [-0.15, -0.1) is 11.3 Å². The fraction of sp³-hybridized carbons (Fsp3) is 0.188. The van der Waals surface area contributed by atoms with Crippen molar-refractivity contribution in [3.8, 4) is 0 Å². The van der Waals surface area contributed by atoms with Crippen molar-refractivity contribution in [1.29, 1.82) is 0 Å². The topological polar surface area (TPSA) is 24.9 Å². The fourth-order valence-corrected chi connectivity index (χ4v) is 3.22. The van der Waals surface area contributed by atoms with Crippen LogP contribution in [0.5, 0.6) is 0 Å². The Labute approximate surface area is 117 Å². The third-order valence-corrected chi connectivity index (χ3v) is 4.24. The zero-order valence-electron chi connectivity index (χ0n) is 11.1. The monoisotopic (exact) mass is 268 g/mol. The van der Waals surface area contributed by atoms with Crippen molar-refractivity contribution in [1.82, 2.24) is 10.3 Å². The molecule has 2 heterocycles. The number of rotatable bonds is 3. The van der Waals surface area contributed by atoms with Crippen molar-refractivity contribution in [2.75, 3.05) is 7.05 Å². The van der Waals surface area contributed by atoms with Crippen LogP contribution in [0.1, 0.15) is 22.2 Å². The first-order valence-electron chi connectivity index (χ1n) is 6.36. The molecule has 19 heavy (non-hydrogen) atoms. The maximum Gasteiger partial charge on any atom is 0.0705 e. The minimum absolute atomic E-state index is 0.255. The number of pyridine rings is 1. The molecule has 3 heteroatoms. The number of hydrogen-bond donors (Lipinski definition) is 1. The molecule has 1 unspecified atom stereocenters. The van der Waals surface area contributed by atoms with E-state index in [9.17, 15) is 0 Å². The van der Waals surface area contributed by atoms with Crippen molar-refractivity contribution in [2.24, 2.45) is 0 Å². The molecule has 0 saturated carbocycles. The number of hydrogen-bond acceptors (Lipinski definition) is 3. The highest BCUT2D eigenvalue weighted by atomic mass is 32.1. The molecule has 96 valence electrons. The van der Waals surface area contributed by atoms with Gasteiger partial charge in [0.2, 0.25) is 0 Å². The number of nitrogens with one attached hydrogen (secondary N) is 1. The second-order valence-electron chi connectivity index (χ2n) is 4.64. The van der Waals surface area contributed by atoms with Crippen LogP contribution in [0.3, 0.4) is 0 Å². The van der Waals surface area contributed by atoms with Gasteiger partial charge in [0.25, 0.3) is 0 Å². The van der Waals surface area contributed by atoms with Gasteiger partial charge in [0.05, 0.1) is 11.6 Å². The van der Waals surface area contributed by atoms with Gasteiger partial charge in [0.1, 0.15) is 0 Å². The molecule has 3 rings (SSSR count). The van der Waals surface area contributed by atoms with E-state index in [0.717, 1.165) is 11.2 Å². The standard InChI is InChI=1S/C16H16N2S/c1-11-5-6-12-10-13(7-8-14(12)18-11)16(17-2)15-4-3-9-19-15/h3-10,16-17H,1-2H3. The van der Waals surface area contributed by atoms with Gasteiger partial charge in [-0.2, -0.15) is 0 Å². The molecule has 0 aliphatic rings. The first-order valence-corrected chi connectivity index (χ1v) is 7.24. The smallest absolute Gasteiger partial charge is 0.0705 e. The molecule has 0 spiro atoms. The van der Waals surface area contributed by atoms with Gasteiger partial charge in [0.15, 0.2) is 0 Å². The number of aromatic nitrogens is 1. The summed E-state index contributed by atoms with van der Waals surface area (Å²) < 4.78 is 0. The molecule has 1 N–H and O–H groups in total. The van der Waals surface area contributed by atoms with E-state index < -0.39 is 0 Å². The van der Waals surface area contributed by atoms with Gasteiger partial charge in [-0.25, -0.2) is 0 Å². The minimum atomic E-state index is 0.255. The van der Waals surface area contributed by atoms with Crippen LogP contribution in [0.15, 0.2) is 47.8 Å². The highest BCUT2D eigenvalue weighted by molar-refractivity contribution is 7.10. The number of thiophene rings is 1. The molecule has 1 atom stereocenters. The number of nitrogens with zero attached hydrogens (tertiary/aromatic N) is 1. The summed E-state index contributed by atoms with van der Waals surface area (Å²) in [5.41, 5.74) is 3.40. The van der Waals surface area contributed by atoms with Crippen molar-refractivity contribution in [3.05, 3.63) is 64.0 Å². The Balaban J connectivity index is 2.07. The van der Waals surface area contributed by atoms with Crippen LogP contribution in [0.4, 0.5) is 0 Å². The summed E-state index contributed by atoms with van der Waals surface area (Å²) in [5, 5.41) is 6.70. The van der Waals surface area contributed by atoms with Gasteiger partial charge >= 0.3 is 0 Å². The summed E-state index contributed by atoms with van der Waals surface area (Å²) in [5.74, 6) is 0. The largest absolute Gasteiger partial charge is 0.309 e. The summed E-state index contributed by atoms with van der Waals surface area (Å²) >= 11 is 1.78. The summed E-state index contributed by atoms with van der Waals surface area (Å²) in [6, 6.07) is 15.2. The Bertz CT molecular complexity index is 689. The molecule has 0 amide bonds. The quantitative estimate of drug-likeness (QED) is 0.779. The lowest BCUT2D eigenvalue weighted by Gasteiger charge is -2.15. The molecule has 0 saturated heterocycles.